The van der Waals surface area contributed by atoms with Crippen molar-refractivity contribution in [2.24, 2.45) is 0 Å². The van der Waals surface area contributed by atoms with Crippen LogP contribution in [0.3, 0.4) is 0 Å². The van der Waals surface area contributed by atoms with E-state index in [1.165, 1.54) is 5.56 Å². The first-order chi connectivity index (χ1) is 7.89. The third kappa shape index (κ3) is 5.46. The van der Waals surface area contributed by atoms with Gasteiger partial charge in [0.2, 0.25) is 0 Å². The lowest BCUT2D eigenvalue weighted by Crippen LogP contribution is -2.38. The Kier molecular flexibility index (Phi) is 5.34. The van der Waals surface area contributed by atoms with Crippen LogP contribution in [0.2, 0.25) is 0 Å². The lowest BCUT2D eigenvalue weighted by molar-refractivity contribution is 0.581. The molecule has 17 heavy (non-hydrogen) atoms. The van der Waals surface area contributed by atoms with E-state index in [0.717, 1.165) is 12.8 Å². The molecule has 2 atom stereocenters. The van der Waals surface area contributed by atoms with Crippen molar-refractivity contribution in [1.82, 2.24) is 4.72 Å². The van der Waals surface area contributed by atoms with Gasteiger partial charge in [0.1, 0.15) is 0 Å². The molecule has 0 heterocycles. The molecule has 2 nitrogen and oxygen atoms in total. The average Bonchev–Trinajstić information content (AvgIpc) is 2.26. The predicted molar refractivity (Wildman–Crippen MR) is 75.3 cm³/mol. The summed E-state index contributed by atoms with van der Waals surface area (Å²) in [5.41, 5.74) is 1.34. The Morgan fingerprint density at radius 2 is 1.82 bits per heavy atom. The molecule has 0 saturated heterocycles. The first-order valence-corrected chi connectivity index (χ1v) is 7.26. The Bertz CT molecular complexity index is 356. The minimum Gasteiger partial charge on any atom is -0.242 e. The summed E-state index contributed by atoms with van der Waals surface area (Å²) in [6.07, 6.45) is 2.03. The van der Waals surface area contributed by atoms with Crippen molar-refractivity contribution in [3.63, 3.8) is 0 Å². The molecule has 96 valence electrons. The summed E-state index contributed by atoms with van der Waals surface area (Å²) in [5.74, 6) is 0. The molecule has 0 amide bonds. The number of hydrogen-bond acceptors (Lipinski definition) is 1. The lowest BCUT2D eigenvalue weighted by Gasteiger charge is -2.21. The molecule has 0 aliphatic rings. The Hall–Kier alpha value is -0.670. The van der Waals surface area contributed by atoms with Gasteiger partial charge in [-0.15, -0.1) is 0 Å². The SMILES string of the molecule is C[C@@H](CCc1ccccc1)N[S@@](=O)C(C)(C)C. The zero-order valence-corrected chi connectivity index (χ0v) is 12.0. The summed E-state index contributed by atoms with van der Waals surface area (Å²) in [7, 11) is -0.975. The summed E-state index contributed by atoms with van der Waals surface area (Å²) < 4.78 is 14.9. The fraction of sp³-hybridized carbons (Fsp3) is 0.571. The second-order valence-electron chi connectivity index (χ2n) is 5.42. The highest BCUT2D eigenvalue weighted by atomic mass is 32.2. The molecule has 1 aromatic carbocycles. The van der Waals surface area contributed by atoms with Crippen molar-refractivity contribution >= 4 is 11.0 Å². The van der Waals surface area contributed by atoms with E-state index in [9.17, 15) is 4.21 Å². The standard InChI is InChI=1S/C14H23NOS/c1-12(15-17(16)14(2,3)4)10-11-13-8-6-5-7-9-13/h5-9,12,15H,10-11H2,1-4H3/t12-,17-/m0/s1. The topological polar surface area (TPSA) is 29.1 Å². The van der Waals surface area contributed by atoms with Gasteiger partial charge < -0.3 is 0 Å². The minimum atomic E-state index is -0.975. The predicted octanol–water partition coefficient (Wildman–Crippen LogP) is 3.06. The van der Waals surface area contributed by atoms with Crippen LogP contribution in [0.15, 0.2) is 30.3 Å². The molecular weight excluding hydrogens is 230 g/mol. The van der Waals surface area contributed by atoms with Crippen LogP contribution >= 0.6 is 0 Å². The minimum absolute atomic E-state index is 0.193. The maximum Gasteiger partial charge on any atom is 0.0972 e. The first-order valence-electron chi connectivity index (χ1n) is 6.11. The van der Waals surface area contributed by atoms with Gasteiger partial charge in [0.25, 0.3) is 0 Å². The van der Waals surface area contributed by atoms with Gasteiger partial charge in [-0.25, -0.2) is 8.93 Å². The highest BCUT2D eigenvalue weighted by Crippen LogP contribution is 2.11. The molecule has 1 aromatic rings. The quantitative estimate of drug-likeness (QED) is 0.858. The van der Waals surface area contributed by atoms with Crippen LogP contribution in [-0.4, -0.2) is 15.0 Å². The van der Waals surface area contributed by atoms with Gasteiger partial charge in [-0.05, 0) is 46.1 Å². The molecule has 1 rings (SSSR count). The van der Waals surface area contributed by atoms with Gasteiger partial charge in [0.05, 0.1) is 15.7 Å². The smallest absolute Gasteiger partial charge is 0.0972 e. The van der Waals surface area contributed by atoms with Crippen molar-refractivity contribution < 1.29 is 4.21 Å². The fourth-order valence-corrected chi connectivity index (χ4v) is 2.28. The van der Waals surface area contributed by atoms with Gasteiger partial charge in [0, 0.05) is 6.04 Å². The normalized spacial score (nSPS) is 15.5. The molecule has 0 spiro atoms. The number of rotatable bonds is 5. The Balaban J connectivity index is 2.36. The van der Waals surface area contributed by atoms with Gasteiger partial charge in [0.15, 0.2) is 0 Å². The maximum atomic E-state index is 11.9. The molecule has 0 saturated carbocycles. The monoisotopic (exact) mass is 253 g/mol. The Morgan fingerprint density at radius 3 is 2.35 bits per heavy atom. The van der Waals surface area contributed by atoms with Crippen LogP contribution in [-0.2, 0) is 17.4 Å². The van der Waals surface area contributed by atoms with Crippen molar-refractivity contribution in [3.8, 4) is 0 Å². The number of nitrogens with one attached hydrogen (secondary N) is 1. The van der Waals surface area contributed by atoms with Crippen molar-refractivity contribution in [2.45, 2.75) is 51.3 Å². The maximum absolute atomic E-state index is 11.9. The number of benzene rings is 1. The molecule has 0 aromatic heterocycles. The van der Waals surface area contributed by atoms with E-state index in [4.69, 9.17) is 0 Å². The van der Waals surface area contributed by atoms with E-state index < -0.39 is 11.0 Å². The number of aryl methyl sites for hydroxylation is 1. The van der Waals surface area contributed by atoms with Gasteiger partial charge >= 0.3 is 0 Å². The van der Waals surface area contributed by atoms with Crippen LogP contribution in [0.5, 0.6) is 0 Å². The summed E-state index contributed by atoms with van der Waals surface area (Å²) >= 11 is 0. The van der Waals surface area contributed by atoms with E-state index >= 15 is 0 Å². The molecule has 0 aliphatic heterocycles. The summed E-state index contributed by atoms with van der Waals surface area (Å²) in [6.45, 7) is 8.05. The molecule has 0 bridgehead atoms. The van der Waals surface area contributed by atoms with Gasteiger partial charge in [-0.3, -0.25) is 0 Å². The largest absolute Gasteiger partial charge is 0.242 e. The van der Waals surface area contributed by atoms with Crippen LogP contribution in [0, 0.1) is 0 Å². The molecule has 0 radical (unpaired) electrons. The number of hydrogen-bond donors (Lipinski definition) is 1. The second-order valence-corrected chi connectivity index (χ2v) is 7.42. The average molecular weight is 253 g/mol. The van der Waals surface area contributed by atoms with Crippen LogP contribution in [0.1, 0.15) is 39.7 Å². The molecule has 3 heteroatoms. The van der Waals surface area contributed by atoms with Crippen molar-refractivity contribution in [3.05, 3.63) is 35.9 Å². The molecule has 0 aliphatic carbocycles. The fourth-order valence-electron chi connectivity index (χ4n) is 1.45. The summed E-state index contributed by atoms with van der Waals surface area (Å²) in [6, 6.07) is 10.7. The van der Waals surface area contributed by atoms with Crippen molar-refractivity contribution in [1.29, 1.82) is 0 Å². The molecule has 1 N–H and O–H groups in total. The third-order valence-electron chi connectivity index (χ3n) is 2.57. The lowest BCUT2D eigenvalue weighted by atomic mass is 10.1. The van der Waals surface area contributed by atoms with Crippen molar-refractivity contribution in [2.75, 3.05) is 0 Å². The summed E-state index contributed by atoms with van der Waals surface area (Å²) in [5, 5.41) is 0. The van der Waals surface area contributed by atoms with Crippen LogP contribution < -0.4 is 4.72 Å². The van der Waals surface area contributed by atoms with Crippen LogP contribution in [0.4, 0.5) is 0 Å². The van der Waals surface area contributed by atoms with E-state index in [0.29, 0.717) is 0 Å². The summed E-state index contributed by atoms with van der Waals surface area (Å²) in [4.78, 5) is 0. The van der Waals surface area contributed by atoms with Crippen LogP contribution in [0.25, 0.3) is 0 Å². The van der Waals surface area contributed by atoms with E-state index in [1.807, 2.05) is 26.8 Å². The second kappa shape index (κ2) is 6.31. The first kappa shape index (κ1) is 14.4. The highest BCUT2D eigenvalue weighted by Gasteiger charge is 2.20. The van der Waals surface area contributed by atoms with Gasteiger partial charge in [-0.2, -0.15) is 0 Å². The van der Waals surface area contributed by atoms with E-state index in [2.05, 4.69) is 35.9 Å². The van der Waals surface area contributed by atoms with Gasteiger partial charge in [-0.1, -0.05) is 30.3 Å². The zero-order chi connectivity index (χ0) is 12.9. The Morgan fingerprint density at radius 1 is 1.24 bits per heavy atom. The highest BCUT2D eigenvalue weighted by molar-refractivity contribution is 7.84. The Labute approximate surface area is 107 Å². The molecule has 0 fully saturated rings. The van der Waals surface area contributed by atoms with E-state index in [-0.39, 0.29) is 10.8 Å². The third-order valence-corrected chi connectivity index (χ3v) is 4.30. The molecular formula is C14H23NOS. The van der Waals surface area contributed by atoms with E-state index in [1.54, 1.807) is 0 Å². The molecule has 0 unspecified atom stereocenters. The zero-order valence-electron chi connectivity index (χ0n) is 11.2.